The molecule has 3 N–H and O–H groups in total. The van der Waals surface area contributed by atoms with Gasteiger partial charge in [0.15, 0.2) is 0 Å². The number of nitrogens with one attached hydrogen (secondary N) is 2. The van der Waals surface area contributed by atoms with Crippen molar-refractivity contribution in [3.05, 3.63) is 35.3 Å². The van der Waals surface area contributed by atoms with Crippen molar-refractivity contribution in [2.75, 3.05) is 13.1 Å². The third kappa shape index (κ3) is 3.85. The average molecular weight is 318 g/mol. The molecule has 2 aromatic rings. The Morgan fingerprint density at radius 3 is 2.61 bits per heavy atom. The van der Waals surface area contributed by atoms with Crippen LogP contribution in [0.3, 0.4) is 0 Å². The Bertz CT molecular complexity index is 766. The van der Waals surface area contributed by atoms with Crippen LogP contribution in [0.2, 0.25) is 0 Å². The average Bonchev–Trinajstić information content (AvgIpc) is 2.88. The monoisotopic (exact) mass is 318 g/mol. The summed E-state index contributed by atoms with van der Waals surface area (Å²) < 4.78 is 1.69. The van der Waals surface area contributed by atoms with Crippen LogP contribution < -0.4 is 10.6 Å². The molecule has 0 unspecified atom stereocenters. The van der Waals surface area contributed by atoms with Crippen molar-refractivity contribution in [1.82, 2.24) is 20.0 Å². The number of carbonyl (C=O) groups excluding carboxylic acids is 2. The quantitative estimate of drug-likeness (QED) is 0.701. The molecule has 2 heterocycles. The second-order valence-corrected chi connectivity index (χ2v) is 5.05. The molecule has 8 nitrogen and oxygen atoms in total. The molecule has 0 aliphatic heterocycles. The van der Waals surface area contributed by atoms with E-state index in [4.69, 9.17) is 5.11 Å². The maximum Gasteiger partial charge on any atom is 0.322 e. The molecule has 0 spiro atoms. The highest BCUT2D eigenvalue weighted by molar-refractivity contribution is 5.97. The SMILES string of the molecule is CCc1nc2ccc(C)cn2c1C(=O)NCC(=O)NCC(=O)O. The number of aryl methyl sites for hydroxylation is 2. The van der Waals surface area contributed by atoms with Crippen molar-refractivity contribution in [2.45, 2.75) is 20.3 Å². The zero-order valence-corrected chi connectivity index (χ0v) is 12.9. The van der Waals surface area contributed by atoms with E-state index in [1.165, 1.54) is 0 Å². The molecule has 2 aromatic heterocycles. The number of hydrogen-bond donors (Lipinski definition) is 3. The number of aliphatic carboxylic acids is 1. The maximum atomic E-state index is 12.4. The molecule has 0 aromatic carbocycles. The van der Waals surface area contributed by atoms with Crippen LogP contribution in [-0.2, 0) is 16.0 Å². The molecular formula is C15H18N4O4. The van der Waals surface area contributed by atoms with Crippen molar-refractivity contribution >= 4 is 23.4 Å². The standard InChI is InChI=1S/C15H18N4O4/c1-3-10-14(19-8-9(2)4-5-11(19)18-10)15(23)17-6-12(20)16-7-13(21)22/h4-5,8H,3,6-7H2,1-2H3,(H,16,20)(H,17,23)(H,21,22). The number of nitrogens with zero attached hydrogens (tertiary/aromatic N) is 2. The zero-order valence-electron chi connectivity index (χ0n) is 12.9. The highest BCUT2D eigenvalue weighted by Crippen LogP contribution is 2.14. The summed E-state index contributed by atoms with van der Waals surface area (Å²) in [5.41, 5.74) is 2.66. The molecule has 0 radical (unpaired) electrons. The second-order valence-electron chi connectivity index (χ2n) is 5.05. The number of carbonyl (C=O) groups is 3. The third-order valence-electron chi connectivity index (χ3n) is 3.23. The lowest BCUT2D eigenvalue weighted by molar-refractivity contribution is -0.137. The summed E-state index contributed by atoms with van der Waals surface area (Å²) in [6, 6.07) is 3.73. The van der Waals surface area contributed by atoms with E-state index in [9.17, 15) is 14.4 Å². The summed E-state index contributed by atoms with van der Waals surface area (Å²) in [5, 5.41) is 13.2. The van der Waals surface area contributed by atoms with Crippen LogP contribution in [0.4, 0.5) is 0 Å². The largest absolute Gasteiger partial charge is 0.480 e. The van der Waals surface area contributed by atoms with Gasteiger partial charge in [-0.25, -0.2) is 4.98 Å². The number of aromatic nitrogens is 2. The molecule has 0 bridgehead atoms. The normalized spacial score (nSPS) is 10.5. The van der Waals surface area contributed by atoms with Crippen LogP contribution in [-0.4, -0.2) is 45.4 Å². The van der Waals surface area contributed by atoms with Gasteiger partial charge >= 0.3 is 5.97 Å². The van der Waals surface area contributed by atoms with E-state index in [-0.39, 0.29) is 6.54 Å². The molecule has 0 aliphatic carbocycles. The van der Waals surface area contributed by atoms with E-state index in [1.807, 2.05) is 26.0 Å². The number of carboxylic acids is 1. The van der Waals surface area contributed by atoms with Gasteiger partial charge in [0.2, 0.25) is 5.91 Å². The fraction of sp³-hybridized carbons (Fsp3) is 0.333. The summed E-state index contributed by atoms with van der Waals surface area (Å²) in [6.07, 6.45) is 2.38. The first-order chi connectivity index (χ1) is 10.9. The zero-order chi connectivity index (χ0) is 17.0. The van der Waals surface area contributed by atoms with E-state index in [1.54, 1.807) is 10.6 Å². The molecule has 23 heavy (non-hydrogen) atoms. The molecule has 0 saturated heterocycles. The van der Waals surface area contributed by atoms with E-state index < -0.39 is 24.3 Å². The first-order valence-electron chi connectivity index (χ1n) is 7.16. The summed E-state index contributed by atoms with van der Waals surface area (Å²) in [5.74, 6) is -2.13. The summed E-state index contributed by atoms with van der Waals surface area (Å²) >= 11 is 0. The molecule has 122 valence electrons. The minimum Gasteiger partial charge on any atom is -0.480 e. The Labute approximate surface area is 132 Å². The van der Waals surface area contributed by atoms with E-state index >= 15 is 0 Å². The Morgan fingerprint density at radius 1 is 1.22 bits per heavy atom. The molecule has 2 rings (SSSR count). The second kappa shape index (κ2) is 6.91. The minimum atomic E-state index is -1.14. The Balaban J connectivity index is 2.15. The van der Waals surface area contributed by atoms with E-state index in [2.05, 4.69) is 15.6 Å². The van der Waals surface area contributed by atoms with E-state index in [0.717, 1.165) is 5.56 Å². The van der Waals surface area contributed by atoms with Gasteiger partial charge in [-0.1, -0.05) is 13.0 Å². The number of rotatable bonds is 6. The van der Waals surface area contributed by atoms with Gasteiger partial charge < -0.3 is 15.7 Å². The van der Waals surface area contributed by atoms with Crippen LogP contribution in [0.1, 0.15) is 28.7 Å². The smallest absolute Gasteiger partial charge is 0.322 e. The first kappa shape index (κ1) is 16.5. The van der Waals surface area contributed by atoms with Gasteiger partial charge in [0.25, 0.3) is 5.91 Å². The van der Waals surface area contributed by atoms with Crippen molar-refractivity contribution in [1.29, 1.82) is 0 Å². The lowest BCUT2D eigenvalue weighted by atomic mass is 10.2. The highest BCUT2D eigenvalue weighted by Gasteiger charge is 2.18. The van der Waals surface area contributed by atoms with E-state index in [0.29, 0.717) is 23.5 Å². The van der Waals surface area contributed by atoms with Gasteiger partial charge in [0.1, 0.15) is 17.9 Å². The van der Waals surface area contributed by atoms with Gasteiger partial charge in [0.05, 0.1) is 12.2 Å². The number of hydrogen-bond acceptors (Lipinski definition) is 4. The molecule has 2 amide bonds. The number of pyridine rings is 1. The first-order valence-corrected chi connectivity index (χ1v) is 7.16. The molecule has 0 saturated carbocycles. The van der Waals surface area contributed by atoms with Gasteiger partial charge in [-0.3, -0.25) is 18.8 Å². The third-order valence-corrected chi connectivity index (χ3v) is 3.23. The van der Waals surface area contributed by atoms with Gasteiger partial charge in [0, 0.05) is 6.20 Å². The Kier molecular flexibility index (Phi) is 4.95. The lowest BCUT2D eigenvalue weighted by Gasteiger charge is -2.07. The van der Waals surface area contributed by atoms with Crippen molar-refractivity contribution in [3.8, 4) is 0 Å². The number of amides is 2. The topological polar surface area (TPSA) is 113 Å². The molecule has 0 aliphatic rings. The molecule has 0 atom stereocenters. The Morgan fingerprint density at radius 2 is 1.96 bits per heavy atom. The van der Waals surface area contributed by atoms with Crippen molar-refractivity contribution in [3.63, 3.8) is 0 Å². The van der Waals surface area contributed by atoms with Crippen LogP contribution in [0.15, 0.2) is 18.3 Å². The fourth-order valence-corrected chi connectivity index (χ4v) is 2.17. The molecule has 8 heteroatoms. The van der Waals surface area contributed by atoms with Crippen molar-refractivity contribution in [2.24, 2.45) is 0 Å². The van der Waals surface area contributed by atoms with Crippen LogP contribution in [0, 0.1) is 6.92 Å². The van der Waals surface area contributed by atoms with Crippen LogP contribution >= 0.6 is 0 Å². The van der Waals surface area contributed by atoms with Gasteiger partial charge in [-0.15, -0.1) is 0 Å². The molecular weight excluding hydrogens is 300 g/mol. The van der Waals surface area contributed by atoms with Gasteiger partial charge in [-0.2, -0.15) is 0 Å². The maximum absolute atomic E-state index is 12.4. The number of carboxylic acid groups (broad SMARTS) is 1. The summed E-state index contributed by atoms with van der Waals surface area (Å²) in [6.45, 7) is 3.02. The minimum absolute atomic E-state index is 0.297. The fourth-order valence-electron chi connectivity index (χ4n) is 2.17. The predicted molar refractivity (Wildman–Crippen MR) is 82.3 cm³/mol. The van der Waals surface area contributed by atoms with Crippen LogP contribution in [0.25, 0.3) is 5.65 Å². The summed E-state index contributed by atoms with van der Waals surface area (Å²) in [7, 11) is 0. The summed E-state index contributed by atoms with van der Waals surface area (Å²) in [4.78, 5) is 38.6. The predicted octanol–water partition coefficient (Wildman–Crippen LogP) is 0.136. The van der Waals surface area contributed by atoms with Crippen LogP contribution in [0.5, 0.6) is 0 Å². The Hall–Kier alpha value is -2.90. The lowest BCUT2D eigenvalue weighted by Crippen LogP contribution is -2.39. The van der Waals surface area contributed by atoms with Gasteiger partial charge in [-0.05, 0) is 25.0 Å². The molecule has 0 fully saturated rings. The number of imidazole rings is 1. The van der Waals surface area contributed by atoms with Crippen molar-refractivity contribution < 1.29 is 19.5 Å². The number of fused-ring (bicyclic) bond motifs is 1. The highest BCUT2D eigenvalue weighted by atomic mass is 16.4.